The lowest BCUT2D eigenvalue weighted by atomic mass is 9.72. The van der Waals surface area contributed by atoms with E-state index < -0.39 is 0 Å². The molecule has 0 radical (unpaired) electrons. The first-order valence-corrected chi connectivity index (χ1v) is 9.52. The molecule has 2 aromatic carbocycles. The van der Waals surface area contributed by atoms with E-state index in [2.05, 4.69) is 48.5 Å². The van der Waals surface area contributed by atoms with Gasteiger partial charge in [-0.15, -0.1) is 0 Å². The zero-order chi connectivity index (χ0) is 17.3. The maximum absolute atomic E-state index is 5.33. The van der Waals surface area contributed by atoms with Gasteiger partial charge in [-0.3, -0.25) is 0 Å². The maximum Gasteiger partial charge on any atom is 0.118 e. The number of hydrogen-bond donors (Lipinski definition) is 0. The fraction of sp³-hybridized carbons (Fsp3) is 0.478. The smallest absolute Gasteiger partial charge is 0.118 e. The summed E-state index contributed by atoms with van der Waals surface area (Å²) in [6.45, 7) is 0. The Hall–Kier alpha value is -1.96. The molecule has 2 aromatic rings. The molecule has 25 heavy (non-hydrogen) atoms. The molecule has 3 unspecified atom stereocenters. The van der Waals surface area contributed by atoms with Gasteiger partial charge in [-0.1, -0.05) is 30.7 Å². The molecule has 132 valence electrons. The van der Waals surface area contributed by atoms with E-state index in [0.29, 0.717) is 17.3 Å². The van der Waals surface area contributed by atoms with Crippen LogP contribution in [0.15, 0.2) is 48.5 Å². The lowest BCUT2D eigenvalue weighted by Crippen LogP contribution is -2.20. The highest BCUT2D eigenvalue weighted by atomic mass is 16.5. The molecule has 4 rings (SSSR count). The standard InChI is InChI=1S/C23H28O2/c1-24-20-9-5-17(6-10-20)19-13-15-23(16-19)14-3-4-22(23)18-7-11-21(25-2)12-8-18/h5-12,19,22H,3-4,13-16H2,1-2H3. The Morgan fingerprint density at radius 1 is 0.760 bits per heavy atom. The van der Waals surface area contributed by atoms with Crippen LogP contribution in [0.2, 0.25) is 0 Å². The average molecular weight is 336 g/mol. The molecule has 2 saturated carbocycles. The SMILES string of the molecule is COc1ccc(C2CCC3(CCCC3c3ccc(OC)cc3)C2)cc1. The molecule has 3 atom stereocenters. The fourth-order valence-electron chi connectivity index (χ4n) is 5.36. The minimum atomic E-state index is 0.499. The molecular weight excluding hydrogens is 308 g/mol. The van der Waals surface area contributed by atoms with E-state index in [1.165, 1.54) is 49.7 Å². The lowest BCUT2D eigenvalue weighted by Gasteiger charge is -2.32. The highest BCUT2D eigenvalue weighted by Crippen LogP contribution is 2.61. The van der Waals surface area contributed by atoms with E-state index in [0.717, 1.165) is 11.5 Å². The normalized spacial score (nSPS) is 28.4. The van der Waals surface area contributed by atoms with Gasteiger partial charge in [0.05, 0.1) is 14.2 Å². The molecule has 1 spiro atoms. The van der Waals surface area contributed by atoms with Crippen LogP contribution < -0.4 is 9.47 Å². The Morgan fingerprint density at radius 3 is 1.96 bits per heavy atom. The first-order valence-electron chi connectivity index (χ1n) is 9.52. The molecule has 0 amide bonds. The summed E-state index contributed by atoms with van der Waals surface area (Å²) in [5, 5.41) is 0. The predicted molar refractivity (Wildman–Crippen MR) is 102 cm³/mol. The van der Waals surface area contributed by atoms with E-state index in [9.17, 15) is 0 Å². The summed E-state index contributed by atoms with van der Waals surface area (Å²) in [5.41, 5.74) is 3.49. The van der Waals surface area contributed by atoms with Crippen LogP contribution in [0.3, 0.4) is 0 Å². The highest BCUT2D eigenvalue weighted by Gasteiger charge is 2.48. The van der Waals surface area contributed by atoms with Crippen molar-refractivity contribution in [2.45, 2.75) is 50.4 Å². The van der Waals surface area contributed by atoms with Gasteiger partial charge in [0.1, 0.15) is 11.5 Å². The zero-order valence-electron chi connectivity index (χ0n) is 15.3. The maximum atomic E-state index is 5.33. The summed E-state index contributed by atoms with van der Waals surface area (Å²) in [7, 11) is 3.47. The van der Waals surface area contributed by atoms with Gasteiger partial charge in [-0.05, 0) is 84.7 Å². The van der Waals surface area contributed by atoms with E-state index >= 15 is 0 Å². The number of methoxy groups -OCH3 is 2. The minimum absolute atomic E-state index is 0.499. The number of rotatable bonds is 4. The number of benzene rings is 2. The van der Waals surface area contributed by atoms with Gasteiger partial charge in [0.25, 0.3) is 0 Å². The van der Waals surface area contributed by atoms with Crippen molar-refractivity contribution < 1.29 is 9.47 Å². The molecule has 2 aliphatic carbocycles. The van der Waals surface area contributed by atoms with Crippen molar-refractivity contribution in [2.75, 3.05) is 14.2 Å². The van der Waals surface area contributed by atoms with Crippen LogP contribution in [0.4, 0.5) is 0 Å². The minimum Gasteiger partial charge on any atom is -0.497 e. The Balaban J connectivity index is 1.54. The van der Waals surface area contributed by atoms with Crippen LogP contribution in [0.25, 0.3) is 0 Å². The summed E-state index contributed by atoms with van der Waals surface area (Å²) in [6, 6.07) is 17.6. The van der Waals surface area contributed by atoms with E-state index in [-0.39, 0.29) is 0 Å². The quantitative estimate of drug-likeness (QED) is 0.689. The molecule has 2 heteroatoms. The Bertz CT molecular complexity index is 704. The largest absolute Gasteiger partial charge is 0.497 e. The lowest BCUT2D eigenvalue weighted by molar-refractivity contribution is 0.264. The molecule has 0 N–H and O–H groups in total. The molecule has 0 saturated heterocycles. The van der Waals surface area contributed by atoms with Crippen LogP contribution >= 0.6 is 0 Å². The summed E-state index contributed by atoms with van der Waals surface area (Å²) in [6.07, 6.45) is 8.10. The molecule has 0 heterocycles. The van der Waals surface area contributed by atoms with Crippen molar-refractivity contribution >= 4 is 0 Å². The highest BCUT2D eigenvalue weighted by molar-refractivity contribution is 5.34. The zero-order valence-corrected chi connectivity index (χ0v) is 15.3. The van der Waals surface area contributed by atoms with Crippen molar-refractivity contribution in [3.8, 4) is 11.5 Å². The summed E-state index contributed by atoms with van der Waals surface area (Å²) < 4.78 is 10.6. The Kier molecular flexibility index (Phi) is 4.45. The van der Waals surface area contributed by atoms with Gasteiger partial charge >= 0.3 is 0 Å². The van der Waals surface area contributed by atoms with Crippen LogP contribution in [0, 0.1) is 5.41 Å². The topological polar surface area (TPSA) is 18.5 Å². The van der Waals surface area contributed by atoms with Gasteiger partial charge in [0, 0.05) is 0 Å². The van der Waals surface area contributed by atoms with Crippen LogP contribution in [-0.2, 0) is 0 Å². The van der Waals surface area contributed by atoms with Crippen molar-refractivity contribution in [3.05, 3.63) is 59.7 Å². The van der Waals surface area contributed by atoms with Crippen molar-refractivity contribution in [1.29, 1.82) is 0 Å². The fourth-order valence-corrected chi connectivity index (χ4v) is 5.36. The molecule has 0 bridgehead atoms. The molecule has 0 aromatic heterocycles. The average Bonchev–Trinajstić information content (AvgIpc) is 3.29. The van der Waals surface area contributed by atoms with Gasteiger partial charge in [-0.25, -0.2) is 0 Å². The van der Waals surface area contributed by atoms with E-state index in [1.54, 1.807) is 14.2 Å². The second-order valence-corrected chi connectivity index (χ2v) is 7.79. The van der Waals surface area contributed by atoms with Crippen LogP contribution in [0.1, 0.15) is 61.5 Å². The van der Waals surface area contributed by atoms with Gasteiger partial charge in [-0.2, -0.15) is 0 Å². The Morgan fingerprint density at radius 2 is 1.36 bits per heavy atom. The Labute approximate surface area is 151 Å². The molecule has 2 nitrogen and oxygen atoms in total. The molecule has 0 aliphatic heterocycles. The first kappa shape index (κ1) is 16.5. The number of ether oxygens (including phenoxy) is 2. The summed E-state index contributed by atoms with van der Waals surface area (Å²) in [5.74, 6) is 3.32. The predicted octanol–water partition coefficient (Wildman–Crippen LogP) is 5.93. The third-order valence-electron chi connectivity index (χ3n) is 6.66. The van der Waals surface area contributed by atoms with Crippen LogP contribution in [-0.4, -0.2) is 14.2 Å². The summed E-state index contributed by atoms with van der Waals surface area (Å²) in [4.78, 5) is 0. The van der Waals surface area contributed by atoms with E-state index in [4.69, 9.17) is 9.47 Å². The van der Waals surface area contributed by atoms with E-state index in [1.807, 2.05) is 0 Å². The van der Waals surface area contributed by atoms with Crippen molar-refractivity contribution in [3.63, 3.8) is 0 Å². The van der Waals surface area contributed by atoms with Crippen LogP contribution in [0.5, 0.6) is 11.5 Å². The third-order valence-corrected chi connectivity index (χ3v) is 6.66. The van der Waals surface area contributed by atoms with Gasteiger partial charge in [0.2, 0.25) is 0 Å². The van der Waals surface area contributed by atoms with Gasteiger partial charge in [0.15, 0.2) is 0 Å². The summed E-state index contributed by atoms with van der Waals surface area (Å²) >= 11 is 0. The molecule has 2 aliphatic rings. The van der Waals surface area contributed by atoms with Crippen molar-refractivity contribution in [1.82, 2.24) is 0 Å². The molecular formula is C23H28O2. The van der Waals surface area contributed by atoms with Crippen molar-refractivity contribution in [2.24, 2.45) is 5.41 Å². The first-order chi connectivity index (χ1) is 12.2. The molecule has 2 fully saturated rings. The number of hydrogen-bond acceptors (Lipinski definition) is 2. The second kappa shape index (κ2) is 6.74. The third kappa shape index (κ3) is 3.03. The monoisotopic (exact) mass is 336 g/mol. The second-order valence-electron chi connectivity index (χ2n) is 7.79. The van der Waals surface area contributed by atoms with Gasteiger partial charge < -0.3 is 9.47 Å².